The first-order valence-corrected chi connectivity index (χ1v) is 5.59. The SMILES string of the molecule is Cc1c(C(=O)O)nnn1CCOc1ccc(F)cc1. The lowest BCUT2D eigenvalue weighted by molar-refractivity contribution is 0.0689. The predicted molar refractivity (Wildman–Crippen MR) is 63.6 cm³/mol. The molecule has 0 aliphatic heterocycles. The van der Waals surface area contributed by atoms with Gasteiger partial charge in [0.05, 0.1) is 12.2 Å². The number of carboxylic acid groups (broad SMARTS) is 1. The molecule has 0 saturated carbocycles. The molecule has 1 aromatic carbocycles. The molecule has 0 amide bonds. The fraction of sp³-hybridized carbons (Fsp3) is 0.250. The third kappa shape index (κ3) is 3.06. The molecule has 0 spiro atoms. The molecule has 0 fully saturated rings. The van der Waals surface area contributed by atoms with E-state index in [1.165, 1.54) is 28.9 Å². The Morgan fingerprint density at radius 1 is 1.42 bits per heavy atom. The number of carboxylic acids is 1. The number of benzene rings is 1. The first-order chi connectivity index (χ1) is 9.08. The molecular formula is C12H12FN3O3. The summed E-state index contributed by atoms with van der Waals surface area (Å²) in [7, 11) is 0. The van der Waals surface area contributed by atoms with Gasteiger partial charge in [-0.1, -0.05) is 5.21 Å². The van der Waals surface area contributed by atoms with Gasteiger partial charge in [-0.3, -0.25) is 0 Å². The van der Waals surface area contributed by atoms with Crippen molar-refractivity contribution in [3.8, 4) is 5.75 Å². The van der Waals surface area contributed by atoms with E-state index in [2.05, 4.69) is 10.3 Å². The summed E-state index contributed by atoms with van der Waals surface area (Å²) in [6.07, 6.45) is 0. The molecule has 0 atom stereocenters. The number of ether oxygens (including phenoxy) is 1. The van der Waals surface area contributed by atoms with Crippen LogP contribution in [0.25, 0.3) is 0 Å². The minimum atomic E-state index is -1.11. The van der Waals surface area contributed by atoms with Gasteiger partial charge >= 0.3 is 5.97 Å². The van der Waals surface area contributed by atoms with Crippen molar-refractivity contribution in [2.24, 2.45) is 0 Å². The Morgan fingerprint density at radius 2 is 2.11 bits per heavy atom. The summed E-state index contributed by atoms with van der Waals surface area (Å²) in [4.78, 5) is 10.8. The van der Waals surface area contributed by atoms with Gasteiger partial charge < -0.3 is 9.84 Å². The Balaban J connectivity index is 1.92. The second-order valence-electron chi connectivity index (χ2n) is 3.85. The summed E-state index contributed by atoms with van der Waals surface area (Å²) in [6, 6.07) is 5.65. The Bertz CT molecular complexity index is 580. The molecule has 0 aliphatic rings. The van der Waals surface area contributed by atoms with Crippen molar-refractivity contribution in [2.45, 2.75) is 13.5 Å². The zero-order chi connectivity index (χ0) is 13.8. The van der Waals surface area contributed by atoms with Gasteiger partial charge in [0.25, 0.3) is 0 Å². The third-order valence-corrected chi connectivity index (χ3v) is 2.57. The normalized spacial score (nSPS) is 10.4. The fourth-order valence-corrected chi connectivity index (χ4v) is 1.55. The minimum Gasteiger partial charge on any atom is -0.492 e. The van der Waals surface area contributed by atoms with Crippen LogP contribution in [0.2, 0.25) is 0 Å². The Labute approximate surface area is 108 Å². The number of aromatic nitrogens is 3. The van der Waals surface area contributed by atoms with Crippen LogP contribution in [0.4, 0.5) is 4.39 Å². The zero-order valence-corrected chi connectivity index (χ0v) is 10.2. The lowest BCUT2D eigenvalue weighted by atomic mass is 10.3. The molecular weight excluding hydrogens is 253 g/mol. The van der Waals surface area contributed by atoms with Crippen molar-refractivity contribution < 1.29 is 19.0 Å². The maximum absolute atomic E-state index is 12.7. The van der Waals surface area contributed by atoms with Gasteiger partial charge in [-0.15, -0.1) is 5.10 Å². The number of rotatable bonds is 5. The number of aromatic carboxylic acids is 1. The molecule has 1 heterocycles. The number of halogens is 1. The molecule has 1 N–H and O–H groups in total. The van der Waals surface area contributed by atoms with Gasteiger partial charge in [0, 0.05) is 0 Å². The van der Waals surface area contributed by atoms with Crippen molar-refractivity contribution in [1.29, 1.82) is 0 Å². The van der Waals surface area contributed by atoms with E-state index in [0.717, 1.165) is 0 Å². The van der Waals surface area contributed by atoms with E-state index >= 15 is 0 Å². The lowest BCUT2D eigenvalue weighted by Crippen LogP contribution is -2.11. The van der Waals surface area contributed by atoms with Gasteiger partial charge in [-0.05, 0) is 31.2 Å². The molecule has 2 rings (SSSR count). The quantitative estimate of drug-likeness (QED) is 0.886. The predicted octanol–water partition coefficient (Wildman–Crippen LogP) is 1.50. The molecule has 1 aromatic heterocycles. The molecule has 0 aliphatic carbocycles. The van der Waals surface area contributed by atoms with Crippen molar-refractivity contribution in [1.82, 2.24) is 15.0 Å². The van der Waals surface area contributed by atoms with Crippen LogP contribution in [-0.4, -0.2) is 32.7 Å². The molecule has 0 saturated heterocycles. The number of carbonyl (C=O) groups is 1. The average molecular weight is 265 g/mol. The first kappa shape index (κ1) is 13.0. The van der Waals surface area contributed by atoms with Crippen LogP contribution in [-0.2, 0) is 6.54 Å². The zero-order valence-electron chi connectivity index (χ0n) is 10.2. The fourth-order valence-electron chi connectivity index (χ4n) is 1.55. The van der Waals surface area contributed by atoms with Gasteiger partial charge in [-0.25, -0.2) is 13.9 Å². The van der Waals surface area contributed by atoms with E-state index in [1.807, 2.05) is 0 Å². The molecule has 7 heteroatoms. The molecule has 6 nitrogen and oxygen atoms in total. The summed E-state index contributed by atoms with van der Waals surface area (Å²) >= 11 is 0. The van der Waals surface area contributed by atoms with E-state index in [1.54, 1.807) is 6.92 Å². The minimum absolute atomic E-state index is 0.0678. The second kappa shape index (κ2) is 5.47. The van der Waals surface area contributed by atoms with Crippen molar-refractivity contribution in [2.75, 3.05) is 6.61 Å². The maximum atomic E-state index is 12.7. The largest absolute Gasteiger partial charge is 0.492 e. The third-order valence-electron chi connectivity index (χ3n) is 2.57. The highest BCUT2D eigenvalue weighted by Crippen LogP contribution is 2.11. The maximum Gasteiger partial charge on any atom is 0.358 e. The average Bonchev–Trinajstić information content (AvgIpc) is 2.74. The molecule has 0 bridgehead atoms. The smallest absolute Gasteiger partial charge is 0.358 e. The van der Waals surface area contributed by atoms with E-state index in [9.17, 15) is 9.18 Å². The van der Waals surface area contributed by atoms with Crippen LogP contribution >= 0.6 is 0 Å². The Morgan fingerprint density at radius 3 is 2.68 bits per heavy atom. The highest BCUT2D eigenvalue weighted by molar-refractivity contribution is 5.86. The standard InChI is InChI=1S/C12H12FN3O3/c1-8-11(12(17)18)14-15-16(8)6-7-19-10-4-2-9(13)3-5-10/h2-5H,6-7H2,1H3,(H,17,18). The molecule has 2 aromatic rings. The van der Waals surface area contributed by atoms with Crippen LogP contribution in [0.1, 0.15) is 16.2 Å². The van der Waals surface area contributed by atoms with Crippen LogP contribution in [0.15, 0.2) is 24.3 Å². The van der Waals surface area contributed by atoms with Crippen LogP contribution in [0, 0.1) is 12.7 Å². The highest BCUT2D eigenvalue weighted by atomic mass is 19.1. The Hall–Kier alpha value is -2.44. The summed E-state index contributed by atoms with van der Waals surface area (Å²) in [5, 5.41) is 16.1. The van der Waals surface area contributed by atoms with Crippen LogP contribution in [0.5, 0.6) is 5.75 Å². The summed E-state index contributed by atoms with van der Waals surface area (Å²) in [5.41, 5.74) is 0.400. The van der Waals surface area contributed by atoms with E-state index in [0.29, 0.717) is 18.0 Å². The monoisotopic (exact) mass is 265 g/mol. The van der Waals surface area contributed by atoms with Gasteiger partial charge in [0.15, 0.2) is 5.69 Å². The second-order valence-corrected chi connectivity index (χ2v) is 3.85. The first-order valence-electron chi connectivity index (χ1n) is 5.59. The van der Waals surface area contributed by atoms with Crippen molar-refractivity contribution >= 4 is 5.97 Å². The topological polar surface area (TPSA) is 77.2 Å². The summed E-state index contributed by atoms with van der Waals surface area (Å²) in [5.74, 6) is -0.897. The van der Waals surface area contributed by atoms with Crippen molar-refractivity contribution in [3.63, 3.8) is 0 Å². The summed E-state index contributed by atoms with van der Waals surface area (Å²) < 4.78 is 19.5. The van der Waals surface area contributed by atoms with Crippen LogP contribution < -0.4 is 4.74 Å². The molecule has 0 radical (unpaired) electrons. The lowest BCUT2D eigenvalue weighted by Gasteiger charge is -2.06. The van der Waals surface area contributed by atoms with Gasteiger partial charge in [0.1, 0.15) is 18.2 Å². The van der Waals surface area contributed by atoms with Gasteiger partial charge in [-0.2, -0.15) is 0 Å². The molecule has 100 valence electrons. The van der Waals surface area contributed by atoms with Crippen LogP contribution in [0.3, 0.4) is 0 Å². The van der Waals surface area contributed by atoms with Crippen molar-refractivity contribution in [3.05, 3.63) is 41.5 Å². The number of hydrogen-bond donors (Lipinski definition) is 1. The molecule has 0 unspecified atom stereocenters. The van der Waals surface area contributed by atoms with Gasteiger partial charge in [0.2, 0.25) is 0 Å². The molecule has 19 heavy (non-hydrogen) atoms. The number of nitrogens with zero attached hydrogens (tertiary/aromatic N) is 3. The Kier molecular flexibility index (Phi) is 3.74. The summed E-state index contributed by atoms with van der Waals surface area (Å²) in [6.45, 7) is 2.28. The highest BCUT2D eigenvalue weighted by Gasteiger charge is 2.14. The van der Waals surface area contributed by atoms with E-state index in [4.69, 9.17) is 9.84 Å². The van der Waals surface area contributed by atoms with E-state index < -0.39 is 5.97 Å². The number of hydrogen-bond acceptors (Lipinski definition) is 4. The van der Waals surface area contributed by atoms with E-state index in [-0.39, 0.29) is 18.1 Å².